The number of aromatic nitrogens is 2. The van der Waals surface area contributed by atoms with E-state index in [9.17, 15) is 19.2 Å². The molecule has 63 heavy (non-hydrogen) atoms. The number of ether oxygens (including phenoxy) is 2. The first kappa shape index (κ1) is 44.8. The van der Waals surface area contributed by atoms with Crippen LogP contribution in [0.2, 0.25) is 0 Å². The Morgan fingerprint density at radius 2 is 1.73 bits per heavy atom. The number of aryl methyl sites for hydroxylation is 1. The number of hydrogen-bond acceptors (Lipinski definition) is 6. The third kappa shape index (κ3) is 9.15. The van der Waals surface area contributed by atoms with Gasteiger partial charge in [-0.15, -0.1) is 0 Å². The lowest BCUT2D eigenvalue weighted by Crippen LogP contribution is -2.52. The fourth-order valence-corrected chi connectivity index (χ4v) is 9.67. The molecule has 1 aliphatic heterocycles. The molecule has 1 N–H and O–H groups in total. The lowest BCUT2D eigenvalue weighted by molar-refractivity contribution is -0.127. The second-order valence-electron chi connectivity index (χ2n) is 18.7. The zero-order valence-electron chi connectivity index (χ0n) is 37.7. The average Bonchev–Trinajstić information content (AvgIpc) is 3.75. The Bertz CT molecular complexity index is 2440. The van der Waals surface area contributed by atoms with Gasteiger partial charge < -0.3 is 14.8 Å². The number of fused-ring (bicyclic) bond motifs is 1. The summed E-state index contributed by atoms with van der Waals surface area (Å²) in [6.45, 7) is 13.7. The Morgan fingerprint density at radius 1 is 1.03 bits per heavy atom. The van der Waals surface area contributed by atoms with Crippen molar-refractivity contribution < 1.29 is 23.5 Å². The van der Waals surface area contributed by atoms with E-state index >= 15 is 0 Å². The largest absolute Gasteiger partial charge is 0.476 e. The number of nitrogens with one attached hydrogen (secondary N) is 1. The molecule has 3 aliphatic rings. The van der Waals surface area contributed by atoms with Crippen molar-refractivity contribution in [2.45, 2.75) is 104 Å². The Labute approximate surface area is 372 Å². The van der Waals surface area contributed by atoms with Gasteiger partial charge in [0, 0.05) is 35.2 Å². The van der Waals surface area contributed by atoms with Crippen LogP contribution in [-0.4, -0.2) is 46.6 Å². The van der Waals surface area contributed by atoms with Gasteiger partial charge in [0.15, 0.2) is 11.9 Å². The Balaban J connectivity index is 1.26. The number of carbonyl (C=O) groups is 2. The number of amides is 2. The predicted octanol–water partition coefficient (Wildman–Crippen LogP) is 11.7. The summed E-state index contributed by atoms with van der Waals surface area (Å²) in [6, 6.07) is 27.3. The molecule has 7 rings (SSSR count). The number of hydrogen-bond donors (Lipinski definition) is 1. The zero-order chi connectivity index (χ0) is 45.0. The topological polar surface area (TPSA) is 109 Å². The van der Waals surface area contributed by atoms with E-state index in [0.717, 1.165) is 40.7 Å². The molecule has 0 fully saturated rings. The second kappa shape index (κ2) is 18.3. The highest BCUT2D eigenvalue weighted by Gasteiger charge is 2.51. The molecule has 0 bridgehead atoms. The van der Waals surface area contributed by atoms with E-state index in [-0.39, 0.29) is 24.8 Å². The Hall–Kier alpha value is -6.21. The zero-order valence-corrected chi connectivity index (χ0v) is 37.7. The smallest absolute Gasteiger partial charge is 0.415 e. The SMILES string of the molecule is CCCC(C#N)(CCNC(=O)C1CN(C(=O)OC(C)(C)C)c2cc(C)cc(-c3cnn(C(c4ccccc4)(c4ccccc4)C4(C)C=CC=CC4)c3)c2O1)CC1=CC=C(F)C(C)C1. The van der Waals surface area contributed by atoms with Crippen molar-refractivity contribution >= 4 is 17.7 Å². The highest BCUT2D eigenvalue weighted by Crippen LogP contribution is 2.53. The summed E-state index contributed by atoms with van der Waals surface area (Å²) in [5.74, 6) is -0.422. The number of nitriles is 1. The quantitative estimate of drug-likeness (QED) is 0.143. The van der Waals surface area contributed by atoms with Gasteiger partial charge in [0.05, 0.1) is 29.9 Å². The summed E-state index contributed by atoms with van der Waals surface area (Å²) >= 11 is 0. The number of benzene rings is 3. The first-order chi connectivity index (χ1) is 30.1. The van der Waals surface area contributed by atoms with Crippen LogP contribution in [-0.2, 0) is 15.1 Å². The van der Waals surface area contributed by atoms with Crippen molar-refractivity contribution in [3.8, 4) is 22.9 Å². The first-order valence-corrected chi connectivity index (χ1v) is 22.2. The van der Waals surface area contributed by atoms with Crippen LogP contribution in [0.15, 0.2) is 133 Å². The van der Waals surface area contributed by atoms with Gasteiger partial charge in [-0.3, -0.25) is 14.4 Å². The molecule has 0 saturated heterocycles. The van der Waals surface area contributed by atoms with Crippen LogP contribution < -0.4 is 15.0 Å². The molecule has 0 radical (unpaired) electrons. The molecule has 1 aromatic heterocycles. The molecule has 10 heteroatoms. The van der Waals surface area contributed by atoms with Crippen molar-refractivity contribution in [1.82, 2.24) is 15.1 Å². The lowest BCUT2D eigenvalue weighted by Gasteiger charge is -2.49. The van der Waals surface area contributed by atoms with E-state index in [1.165, 1.54) is 11.0 Å². The number of allylic oxidation sites excluding steroid dienone is 8. The summed E-state index contributed by atoms with van der Waals surface area (Å²) in [5.41, 5.74) is 3.18. The normalized spacial score (nSPS) is 20.7. The van der Waals surface area contributed by atoms with E-state index in [2.05, 4.69) is 95.8 Å². The third-order valence-electron chi connectivity index (χ3n) is 12.7. The Morgan fingerprint density at radius 3 is 2.33 bits per heavy atom. The molecular formula is C53H60FN5O4. The van der Waals surface area contributed by atoms with E-state index in [4.69, 9.17) is 14.6 Å². The Kier molecular flexibility index (Phi) is 13.0. The number of nitrogens with zero attached hydrogens (tertiary/aromatic N) is 4. The van der Waals surface area contributed by atoms with Gasteiger partial charge in [0.25, 0.3) is 5.91 Å². The van der Waals surface area contributed by atoms with E-state index < -0.39 is 40.1 Å². The van der Waals surface area contributed by atoms with E-state index in [1.54, 1.807) is 6.08 Å². The van der Waals surface area contributed by atoms with Crippen LogP contribution in [0, 0.1) is 35.0 Å². The molecule has 0 spiro atoms. The highest BCUT2D eigenvalue weighted by atomic mass is 19.1. The maximum absolute atomic E-state index is 14.2. The predicted molar refractivity (Wildman–Crippen MR) is 247 cm³/mol. The molecule has 2 aliphatic carbocycles. The molecule has 9 nitrogen and oxygen atoms in total. The molecule has 2 heterocycles. The molecule has 2 amide bonds. The van der Waals surface area contributed by atoms with Crippen LogP contribution in [0.3, 0.4) is 0 Å². The minimum Gasteiger partial charge on any atom is -0.476 e. The van der Waals surface area contributed by atoms with Crippen molar-refractivity contribution in [3.63, 3.8) is 0 Å². The van der Waals surface area contributed by atoms with Gasteiger partial charge in [-0.2, -0.15) is 10.4 Å². The van der Waals surface area contributed by atoms with Gasteiger partial charge in [-0.05, 0) is 94.7 Å². The van der Waals surface area contributed by atoms with Crippen molar-refractivity contribution in [1.29, 1.82) is 5.26 Å². The molecule has 3 aromatic carbocycles. The summed E-state index contributed by atoms with van der Waals surface area (Å²) in [5, 5.41) is 18.7. The van der Waals surface area contributed by atoms with Crippen LogP contribution in [0.1, 0.15) is 96.8 Å². The van der Waals surface area contributed by atoms with Gasteiger partial charge in [0.1, 0.15) is 17.0 Å². The minimum atomic E-state index is -1.09. The van der Waals surface area contributed by atoms with Crippen molar-refractivity contribution in [2.75, 3.05) is 18.0 Å². The maximum atomic E-state index is 14.2. The lowest BCUT2D eigenvalue weighted by atomic mass is 9.61. The number of halogens is 1. The van der Waals surface area contributed by atoms with Crippen LogP contribution >= 0.6 is 0 Å². The summed E-state index contributed by atoms with van der Waals surface area (Å²) in [4.78, 5) is 29.8. The number of anilines is 1. The number of carbonyl (C=O) groups excluding carboxylic acids is 2. The van der Waals surface area contributed by atoms with Gasteiger partial charge in [-0.25, -0.2) is 9.18 Å². The van der Waals surface area contributed by atoms with Crippen LogP contribution in [0.4, 0.5) is 14.9 Å². The van der Waals surface area contributed by atoms with Crippen LogP contribution in [0.5, 0.6) is 5.75 Å². The van der Waals surface area contributed by atoms with E-state index in [1.807, 2.05) is 78.2 Å². The van der Waals surface area contributed by atoms with Crippen LogP contribution in [0.25, 0.3) is 11.1 Å². The van der Waals surface area contributed by atoms with E-state index in [0.29, 0.717) is 42.7 Å². The standard InChI is InChI=1S/C53H60FN5O4/c1-8-24-52(36-55,32-39-22-23-44(54)38(3)31-39)27-28-56-48(60)46-35-58(49(61)63-50(4,5)6)45-30-37(2)29-43(47(45)62-46)40-33-57-59(34-40)53(41-18-12-9-13-19-41,42-20-14-10-15-21-42)51(7)25-16-11-17-26-51/h9-23,25,29-30,33-34,38,46H,8,24,26-28,31-32,35H2,1-7H3,(H,56,60). The van der Waals surface area contributed by atoms with Crippen molar-refractivity contribution in [3.05, 3.63) is 150 Å². The monoisotopic (exact) mass is 849 g/mol. The summed E-state index contributed by atoms with van der Waals surface area (Å²) < 4.78 is 28.9. The molecule has 4 aromatic rings. The van der Waals surface area contributed by atoms with Gasteiger partial charge in [0.2, 0.25) is 0 Å². The fourth-order valence-electron chi connectivity index (χ4n) is 9.67. The molecule has 0 saturated carbocycles. The summed E-state index contributed by atoms with van der Waals surface area (Å²) in [7, 11) is 0. The minimum absolute atomic E-state index is 0.0831. The van der Waals surface area contributed by atoms with Crippen molar-refractivity contribution in [2.24, 2.45) is 16.7 Å². The van der Waals surface area contributed by atoms with Gasteiger partial charge in [-0.1, -0.05) is 124 Å². The third-order valence-corrected chi connectivity index (χ3v) is 12.7. The fraction of sp³-hybridized carbons (Fsp3) is 0.396. The van der Waals surface area contributed by atoms with Gasteiger partial charge >= 0.3 is 6.09 Å². The molecular weight excluding hydrogens is 790 g/mol. The molecule has 4 unspecified atom stereocenters. The molecule has 328 valence electrons. The maximum Gasteiger partial charge on any atom is 0.415 e. The average molecular weight is 850 g/mol. The number of rotatable bonds is 13. The summed E-state index contributed by atoms with van der Waals surface area (Å²) in [6.07, 6.45) is 17.8. The second-order valence-corrected chi connectivity index (χ2v) is 18.7. The first-order valence-electron chi connectivity index (χ1n) is 22.2. The highest BCUT2D eigenvalue weighted by molar-refractivity contribution is 5.96. The molecule has 4 atom stereocenters.